The van der Waals surface area contributed by atoms with Crippen LogP contribution in [-0.2, 0) is 23.3 Å². The topological polar surface area (TPSA) is 0 Å². The SMILES string of the molecule is Cc1c(-c2cccc3ccccc23)[cH-]c2ccccc12.Cc1c(-c2cccc3ccccc23)[cH-]c2ccccc12.Cl.Cl.[CH3-].[CH3-].[Si]=[Zr]. The van der Waals surface area contributed by atoms with Crippen LogP contribution in [-0.4, -0.2) is 6.88 Å². The van der Waals surface area contributed by atoms with E-state index in [1.807, 2.05) is 0 Å². The normalized spacial score (nSPS) is 9.85. The summed E-state index contributed by atoms with van der Waals surface area (Å²) in [5.74, 6) is 0. The van der Waals surface area contributed by atoms with Gasteiger partial charge in [0, 0.05) is 0 Å². The van der Waals surface area contributed by atoms with Gasteiger partial charge in [0.2, 0.25) is 0 Å². The summed E-state index contributed by atoms with van der Waals surface area (Å²) in [7, 11) is 0. The van der Waals surface area contributed by atoms with Crippen LogP contribution in [0.15, 0.2) is 146 Å². The van der Waals surface area contributed by atoms with E-state index in [4.69, 9.17) is 0 Å². The maximum absolute atomic E-state index is 3.06. The molecule has 0 aromatic heterocycles. The Kier molecular flexibility index (Phi) is 14.9. The van der Waals surface area contributed by atoms with Gasteiger partial charge in [0.25, 0.3) is 0 Å². The Morgan fingerprint density at radius 3 is 1.09 bits per heavy atom. The third-order valence-electron chi connectivity index (χ3n) is 8.30. The molecule has 0 saturated carbocycles. The molecule has 0 amide bonds. The molecule has 0 aliphatic heterocycles. The summed E-state index contributed by atoms with van der Waals surface area (Å²) in [5.41, 5.74) is 8.11. The molecule has 0 aliphatic carbocycles. The summed E-state index contributed by atoms with van der Waals surface area (Å²) in [5, 5.41) is 10.6. The van der Waals surface area contributed by atoms with Crippen LogP contribution in [0.3, 0.4) is 0 Å². The molecule has 0 saturated heterocycles. The molecule has 232 valence electrons. The van der Waals surface area contributed by atoms with Gasteiger partial charge in [-0.25, -0.2) is 0 Å². The molecule has 8 rings (SSSR count). The quantitative estimate of drug-likeness (QED) is 0.123. The molecule has 0 spiro atoms. The number of hydrogen-bond donors (Lipinski definition) is 0. The second kappa shape index (κ2) is 17.6. The van der Waals surface area contributed by atoms with Gasteiger partial charge in [0.1, 0.15) is 0 Å². The van der Waals surface area contributed by atoms with E-state index in [1.165, 1.54) is 99.8 Å². The zero-order valence-electron chi connectivity index (χ0n) is 26.7. The molecule has 46 heavy (non-hydrogen) atoms. The third kappa shape index (κ3) is 7.48. The standard InChI is InChI=1S/2C20H15.2CH3.2ClH.Si.Zr/c2*1-14-17-10-4-3-8-16(17)13-20(14)19-12-6-9-15-7-2-5-11-18(15)19;;;;;;/h2*2-13H,1H3;2*1H3;2*1H;;/q4*-1;;;;. The number of aryl methyl sites for hydroxylation is 2. The van der Waals surface area contributed by atoms with E-state index >= 15 is 0 Å². The van der Waals surface area contributed by atoms with E-state index in [0.717, 1.165) is 0 Å². The summed E-state index contributed by atoms with van der Waals surface area (Å²) < 4.78 is 0. The fourth-order valence-corrected chi connectivity index (χ4v) is 6.23. The van der Waals surface area contributed by atoms with E-state index in [-0.39, 0.29) is 39.7 Å². The number of hydrogen-bond acceptors (Lipinski definition) is 0. The molecule has 8 aromatic carbocycles. The van der Waals surface area contributed by atoms with Crippen molar-refractivity contribution in [2.24, 2.45) is 0 Å². The minimum absolute atomic E-state index is 0. The first kappa shape index (κ1) is 38.9. The van der Waals surface area contributed by atoms with E-state index in [1.54, 1.807) is 0 Å². The molecule has 2 radical (unpaired) electrons. The fraction of sp³-hybridized carbons (Fsp3) is 0.0476. The van der Waals surface area contributed by atoms with Crippen molar-refractivity contribution in [1.29, 1.82) is 0 Å². The Morgan fingerprint density at radius 1 is 0.413 bits per heavy atom. The average molecular weight is 733 g/mol. The summed E-state index contributed by atoms with van der Waals surface area (Å²) >= 11 is 1.36. The van der Waals surface area contributed by atoms with Crippen molar-refractivity contribution in [2.45, 2.75) is 13.8 Å². The van der Waals surface area contributed by atoms with Gasteiger partial charge < -0.3 is 14.9 Å². The van der Waals surface area contributed by atoms with Crippen LogP contribution in [0.5, 0.6) is 0 Å². The Hall–Kier alpha value is -3.26. The van der Waals surface area contributed by atoms with Gasteiger partial charge in [-0.2, -0.15) is 0 Å². The number of rotatable bonds is 2. The van der Waals surface area contributed by atoms with Crippen LogP contribution >= 0.6 is 24.8 Å². The van der Waals surface area contributed by atoms with Crippen LogP contribution in [0.2, 0.25) is 0 Å². The van der Waals surface area contributed by atoms with Crippen LogP contribution in [0.1, 0.15) is 11.1 Å². The molecule has 0 fully saturated rings. The van der Waals surface area contributed by atoms with Crippen molar-refractivity contribution in [3.8, 4) is 22.3 Å². The molecule has 4 heteroatoms. The predicted molar refractivity (Wildman–Crippen MR) is 208 cm³/mol. The minimum atomic E-state index is 0. The summed E-state index contributed by atoms with van der Waals surface area (Å²) in [6, 6.07) is 52.2. The van der Waals surface area contributed by atoms with Crippen molar-refractivity contribution in [3.05, 3.63) is 172 Å². The van der Waals surface area contributed by atoms with E-state index < -0.39 is 0 Å². The second-order valence-electron chi connectivity index (χ2n) is 10.6. The Balaban J connectivity index is 0.000000281. The van der Waals surface area contributed by atoms with Gasteiger partial charge in [0.15, 0.2) is 0 Å². The van der Waals surface area contributed by atoms with Gasteiger partial charge >= 0.3 is 30.2 Å². The zero-order chi connectivity index (χ0) is 29.1. The fourth-order valence-electron chi connectivity index (χ4n) is 6.23. The molecule has 0 aliphatic rings. The number of fused-ring (bicyclic) bond motifs is 4. The molecule has 0 heterocycles. The van der Waals surface area contributed by atoms with Crippen LogP contribution in [0.25, 0.3) is 65.3 Å². The summed E-state index contributed by atoms with van der Waals surface area (Å²) in [4.78, 5) is 0. The molecule has 0 bridgehead atoms. The second-order valence-corrected chi connectivity index (χ2v) is 10.6. The first-order chi connectivity index (χ1) is 20.7. The molecule has 0 unspecified atom stereocenters. The molecular weight excluding hydrogens is 695 g/mol. The Bertz CT molecular complexity index is 2010. The summed E-state index contributed by atoms with van der Waals surface area (Å²) in [6.07, 6.45) is 0. The van der Waals surface area contributed by atoms with E-state index in [2.05, 4.69) is 166 Å². The molecule has 0 atom stereocenters. The Labute approximate surface area is 303 Å². The van der Waals surface area contributed by atoms with Gasteiger partial charge in [-0.05, 0) is 21.5 Å². The molecule has 8 aromatic rings. The first-order valence-corrected chi connectivity index (χ1v) is 18.4. The third-order valence-corrected chi connectivity index (χ3v) is 8.30. The molecule has 0 nitrogen and oxygen atoms in total. The maximum atomic E-state index is 3.06. The first-order valence-electron chi connectivity index (χ1n) is 14.2. The predicted octanol–water partition coefficient (Wildman–Crippen LogP) is 12.7. The van der Waals surface area contributed by atoms with Gasteiger partial charge in [-0.15, -0.1) is 92.9 Å². The summed E-state index contributed by atoms with van der Waals surface area (Å²) in [6.45, 7) is 7.51. The van der Waals surface area contributed by atoms with E-state index in [0.29, 0.717) is 0 Å². The van der Waals surface area contributed by atoms with Crippen molar-refractivity contribution in [2.75, 3.05) is 0 Å². The van der Waals surface area contributed by atoms with Crippen molar-refractivity contribution in [1.82, 2.24) is 0 Å². The molecular formula is C42H38Cl2SiZr-4. The monoisotopic (exact) mass is 730 g/mol. The average Bonchev–Trinajstić information content (AvgIpc) is 3.58. The zero-order valence-corrected chi connectivity index (χ0v) is 31.8. The number of benzene rings is 6. The molecule has 0 N–H and O–H groups in total. The van der Waals surface area contributed by atoms with Crippen LogP contribution < -0.4 is 0 Å². The van der Waals surface area contributed by atoms with Gasteiger partial charge in [-0.1, -0.05) is 146 Å². The van der Waals surface area contributed by atoms with Crippen LogP contribution in [0.4, 0.5) is 0 Å². The van der Waals surface area contributed by atoms with Crippen LogP contribution in [0, 0.1) is 28.7 Å². The van der Waals surface area contributed by atoms with Gasteiger partial charge in [0.05, 0.1) is 0 Å². The Morgan fingerprint density at radius 2 is 0.717 bits per heavy atom. The van der Waals surface area contributed by atoms with Crippen molar-refractivity contribution < 1.29 is 23.3 Å². The van der Waals surface area contributed by atoms with Crippen molar-refractivity contribution >= 4 is 74.8 Å². The van der Waals surface area contributed by atoms with Gasteiger partial charge in [-0.3, -0.25) is 0 Å². The number of halogens is 2. The van der Waals surface area contributed by atoms with E-state index in [9.17, 15) is 0 Å². The van der Waals surface area contributed by atoms with Crippen molar-refractivity contribution in [3.63, 3.8) is 0 Å².